The van der Waals surface area contributed by atoms with E-state index < -0.39 is 8.07 Å². The molecule has 172 valence electrons. The van der Waals surface area contributed by atoms with Crippen molar-refractivity contribution < 1.29 is 4.57 Å². The minimum Gasteiger partial charge on any atom is -0.200 e. The second-order valence-corrected chi connectivity index (χ2v) is 16.1. The van der Waals surface area contributed by atoms with Crippen LogP contribution in [0.25, 0.3) is 22.0 Å². The zero-order valence-corrected chi connectivity index (χ0v) is 23.1. The van der Waals surface area contributed by atoms with E-state index >= 15 is 0 Å². The lowest BCUT2D eigenvalue weighted by Crippen LogP contribution is -2.49. The predicted octanol–water partition coefficient (Wildman–Crippen LogP) is 7.99. The first-order chi connectivity index (χ1) is 15.1. The molecule has 0 spiro atoms. The summed E-state index contributed by atoms with van der Waals surface area (Å²) in [6, 6.07) is 17.2. The van der Waals surface area contributed by atoms with E-state index in [1.807, 2.05) is 0 Å². The van der Waals surface area contributed by atoms with Gasteiger partial charge in [-0.2, -0.15) is 0 Å². The predicted molar refractivity (Wildman–Crippen MR) is 145 cm³/mol. The van der Waals surface area contributed by atoms with Gasteiger partial charge in [0.1, 0.15) is 7.05 Å². The van der Waals surface area contributed by atoms with Gasteiger partial charge in [-0.3, -0.25) is 0 Å². The molecule has 0 bridgehead atoms. The van der Waals surface area contributed by atoms with Gasteiger partial charge in [0.25, 0.3) is 0 Å². The van der Waals surface area contributed by atoms with Gasteiger partial charge < -0.3 is 0 Å². The van der Waals surface area contributed by atoms with Crippen molar-refractivity contribution in [3.8, 4) is 11.3 Å². The summed E-state index contributed by atoms with van der Waals surface area (Å²) in [5.41, 5.74) is 7.83. The summed E-state index contributed by atoms with van der Waals surface area (Å²) in [6.45, 7) is 21.2. The second kappa shape index (κ2) is 9.51. The minimum atomic E-state index is -1.49. The number of pyridine rings is 1. The topological polar surface area (TPSA) is 3.88 Å². The van der Waals surface area contributed by atoms with E-state index in [1.165, 1.54) is 50.8 Å². The molecule has 2 aromatic carbocycles. The molecule has 0 saturated carbocycles. The maximum absolute atomic E-state index is 2.53. The van der Waals surface area contributed by atoms with E-state index in [0.717, 1.165) is 5.54 Å². The Morgan fingerprint density at radius 2 is 1.50 bits per heavy atom. The molecule has 3 aromatic rings. The van der Waals surface area contributed by atoms with E-state index in [9.17, 15) is 0 Å². The summed E-state index contributed by atoms with van der Waals surface area (Å²) < 4.78 is 2.32. The Hall–Kier alpha value is -1.93. The molecule has 0 N–H and O–H groups in total. The first kappa shape index (κ1) is 24.7. The number of benzene rings is 2. The van der Waals surface area contributed by atoms with Crippen LogP contribution in [-0.2, 0) is 7.05 Å². The normalized spacial score (nSPS) is 12.5. The second-order valence-electron chi connectivity index (χ2n) is 10.7. The van der Waals surface area contributed by atoms with E-state index in [1.54, 1.807) is 5.19 Å². The van der Waals surface area contributed by atoms with Gasteiger partial charge in [-0.1, -0.05) is 90.9 Å². The quantitative estimate of drug-likeness (QED) is 0.256. The number of fused-ring (bicyclic) bond motifs is 1. The highest BCUT2D eigenvalue weighted by Gasteiger charge is 2.35. The maximum atomic E-state index is 2.53. The highest BCUT2D eigenvalue weighted by atomic mass is 28.3. The third kappa shape index (κ3) is 4.19. The molecule has 0 aliphatic heterocycles. The van der Waals surface area contributed by atoms with Crippen LogP contribution in [0, 0.1) is 6.92 Å². The van der Waals surface area contributed by atoms with E-state index in [0.29, 0.717) is 11.8 Å². The van der Waals surface area contributed by atoms with Crippen LogP contribution in [0.2, 0.25) is 17.6 Å². The number of hydrogen-bond donors (Lipinski definition) is 0. The highest BCUT2D eigenvalue weighted by molar-refractivity contribution is 6.92. The lowest BCUT2D eigenvalue weighted by Gasteiger charge is -2.34. The van der Waals surface area contributed by atoms with Gasteiger partial charge in [0.2, 0.25) is 5.69 Å². The summed E-state index contributed by atoms with van der Waals surface area (Å²) in [5.74, 6) is 1.04. The first-order valence-corrected chi connectivity index (χ1v) is 15.1. The van der Waals surface area contributed by atoms with Crippen LogP contribution in [-0.4, -0.2) is 8.07 Å². The molecule has 1 aromatic heterocycles. The molecule has 0 aliphatic carbocycles. The summed E-state index contributed by atoms with van der Waals surface area (Å²) in [6.07, 6.45) is 2.26. The molecule has 0 atom stereocenters. The molecular formula is C30H44NSi+. The number of nitrogens with zero attached hydrogens (tertiary/aromatic N) is 1. The van der Waals surface area contributed by atoms with Crippen LogP contribution in [0.3, 0.4) is 0 Å². The fraction of sp³-hybridized carbons (Fsp3) is 0.500. The van der Waals surface area contributed by atoms with Gasteiger partial charge in [0.15, 0.2) is 6.20 Å². The van der Waals surface area contributed by atoms with Crippen molar-refractivity contribution in [2.45, 2.75) is 91.8 Å². The highest BCUT2D eigenvalue weighted by Crippen LogP contribution is 2.36. The Balaban J connectivity index is 2.33. The van der Waals surface area contributed by atoms with Crippen LogP contribution in [0.4, 0.5) is 0 Å². The third-order valence-electron chi connectivity index (χ3n) is 8.09. The van der Waals surface area contributed by atoms with Gasteiger partial charge in [-0.25, -0.2) is 4.57 Å². The van der Waals surface area contributed by atoms with Gasteiger partial charge in [0, 0.05) is 6.07 Å². The average molecular weight is 447 g/mol. The fourth-order valence-corrected chi connectivity index (χ4v) is 10.2. The standard InChI is InChI=1S/C30H44NSi/c1-11-32(12-2,22(7)8)26-13-14-27-24(17-26)15-16-31(10)30(27)29-19-25(20(3)4)18-28(21(5)6)23(29)9/h13-22H,11-12H2,1-10H3/q+1. The lowest BCUT2D eigenvalue weighted by atomic mass is 9.86. The molecule has 2 heteroatoms. The molecule has 0 amide bonds. The van der Waals surface area contributed by atoms with Crippen LogP contribution in [0.15, 0.2) is 42.6 Å². The fourth-order valence-electron chi connectivity index (χ4n) is 5.76. The summed E-state index contributed by atoms with van der Waals surface area (Å²) in [4.78, 5) is 0. The minimum absolute atomic E-state index is 0.519. The van der Waals surface area contributed by atoms with Crippen molar-refractivity contribution in [1.29, 1.82) is 0 Å². The van der Waals surface area contributed by atoms with Crippen molar-refractivity contribution in [1.82, 2.24) is 0 Å². The van der Waals surface area contributed by atoms with Crippen LogP contribution < -0.4 is 9.75 Å². The number of aryl methyl sites for hydroxylation is 1. The Labute approximate surface area is 197 Å². The summed E-state index contributed by atoms with van der Waals surface area (Å²) in [7, 11) is 0.709. The Kier molecular flexibility index (Phi) is 7.34. The Bertz CT molecular complexity index is 1100. The van der Waals surface area contributed by atoms with Gasteiger partial charge >= 0.3 is 0 Å². The molecule has 1 nitrogen and oxygen atoms in total. The molecule has 0 unspecified atom stereocenters. The molecule has 0 fully saturated rings. The summed E-state index contributed by atoms with van der Waals surface area (Å²) >= 11 is 0. The van der Waals surface area contributed by atoms with E-state index in [-0.39, 0.29) is 0 Å². The van der Waals surface area contributed by atoms with E-state index in [4.69, 9.17) is 0 Å². The van der Waals surface area contributed by atoms with Gasteiger partial charge in [-0.05, 0) is 58.5 Å². The number of hydrogen-bond acceptors (Lipinski definition) is 0. The molecular weight excluding hydrogens is 402 g/mol. The SMILES string of the molecule is CC[Si](CC)(c1ccc2c(-c3cc(C(C)C)cc(C(C)C)c3C)[n+](C)ccc2c1)C(C)C. The van der Waals surface area contributed by atoms with Crippen molar-refractivity contribution >= 4 is 24.0 Å². The van der Waals surface area contributed by atoms with Crippen LogP contribution in [0.5, 0.6) is 0 Å². The summed E-state index contributed by atoms with van der Waals surface area (Å²) in [5, 5.41) is 4.38. The zero-order valence-electron chi connectivity index (χ0n) is 22.1. The largest absolute Gasteiger partial charge is 0.220 e. The first-order valence-electron chi connectivity index (χ1n) is 12.6. The molecule has 0 aliphatic rings. The molecule has 32 heavy (non-hydrogen) atoms. The maximum Gasteiger partial charge on any atom is 0.220 e. The number of aromatic nitrogens is 1. The van der Waals surface area contributed by atoms with Gasteiger partial charge in [-0.15, -0.1) is 0 Å². The molecule has 0 radical (unpaired) electrons. The van der Waals surface area contributed by atoms with Crippen LogP contribution >= 0.6 is 0 Å². The van der Waals surface area contributed by atoms with Crippen molar-refractivity contribution in [3.63, 3.8) is 0 Å². The van der Waals surface area contributed by atoms with Gasteiger partial charge in [0.05, 0.1) is 19.0 Å². The van der Waals surface area contributed by atoms with E-state index in [2.05, 4.69) is 117 Å². The molecule has 1 heterocycles. The third-order valence-corrected chi connectivity index (χ3v) is 14.3. The average Bonchev–Trinajstić information content (AvgIpc) is 2.75. The Morgan fingerprint density at radius 1 is 0.844 bits per heavy atom. The van der Waals surface area contributed by atoms with Crippen LogP contribution in [0.1, 0.15) is 83.9 Å². The van der Waals surface area contributed by atoms with Crippen molar-refractivity contribution in [2.24, 2.45) is 7.05 Å². The zero-order chi connectivity index (χ0) is 23.8. The molecule has 3 rings (SSSR count). The smallest absolute Gasteiger partial charge is 0.200 e. The van der Waals surface area contributed by atoms with Crippen molar-refractivity contribution in [3.05, 3.63) is 59.3 Å². The molecule has 0 saturated heterocycles. The lowest BCUT2D eigenvalue weighted by molar-refractivity contribution is -0.659. The monoisotopic (exact) mass is 446 g/mol. The van der Waals surface area contributed by atoms with Crippen molar-refractivity contribution in [2.75, 3.05) is 0 Å². The number of rotatable bonds is 7. The Morgan fingerprint density at radius 3 is 2.03 bits per heavy atom.